The lowest BCUT2D eigenvalue weighted by Crippen LogP contribution is -2.29. The molecule has 116 valence electrons. The van der Waals surface area contributed by atoms with Crippen molar-refractivity contribution in [2.45, 2.75) is 5.03 Å². The van der Waals surface area contributed by atoms with Gasteiger partial charge in [0.1, 0.15) is 0 Å². The molecule has 0 radical (unpaired) electrons. The topological polar surface area (TPSA) is 99.9 Å². The number of rotatable bonds is 4. The number of hydrogen-bond donors (Lipinski definition) is 1. The number of nitriles is 1. The Hall–Kier alpha value is -2.69. The van der Waals surface area contributed by atoms with Crippen LogP contribution in [-0.4, -0.2) is 19.3 Å². The lowest BCUT2D eigenvalue weighted by molar-refractivity contribution is -0.114. The number of nitrogens with zero attached hydrogens (tertiary/aromatic N) is 2. The molecule has 0 spiro atoms. The van der Waals surface area contributed by atoms with Gasteiger partial charge >= 0.3 is 0 Å². The molecule has 0 aliphatic rings. The standard InChI is InChI=1S/C15H10ClN3O3S/c16-13-5-7-15(18-10-13)23(21,22)19-14(20)6-4-11-2-1-3-12(8-11)9-17/h1-8,10H,(H,19,20). The van der Waals surface area contributed by atoms with Gasteiger partial charge in [0.15, 0.2) is 5.03 Å². The van der Waals surface area contributed by atoms with E-state index in [2.05, 4.69) is 4.98 Å². The molecule has 0 aliphatic heterocycles. The predicted molar refractivity (Wildman–Crippen MR) is 84.8 cm³/mol. The summed E-state index contributed by atoms with van der Waals surface area (Å²) < 4.78 is 25.8. The molecule has 23 heavy (non-hydrogen) atoms. The predicted octanol–water partition coefficient (Wildman–Crippen LogP) is 2.12. The van der Waals surface area contributed by atoms with E-state index in [4.69, 9.17) is 16.9 Å². The molecule has 0 fully saturated rings. The average molecular weight is 348 g/mol. The Morgan fingerprint density at radius 3 is 2.74 bits per heavy atom. The van der Waals surface area contributed by atoms with Crippen LogP contribution in [0.5, 0.6) is 0 Å². The fourth-order valence-electron chi connectivity index (χ4n) is 1.62. The molecule has 1 heterocycles. The second-order valence-electron chi connectivity index (χ2n) is 4.36. The highest BCUT2D eigenvalue weighted by Gasteiger charge is 2.17. The molecule has 8 heteroatoms. The Bertz CT molecular complexity index is 900. The summed E-state index contributed by atoms with van der Waals surface area (Å²) in [7, 11) is -4.07. The summed E-state index contributed by atoms with van der Waals surface area (Å²) in [5, 5.41) is 8.76. The summed E-state index contributed by atoms with van der Waals surface area (Å²) in [5.74, 6) is -0.830. The van der Waals surface area contributed by atoms with Gasteiger partial charge in [0.2, 0.25) is 0 Å². The molecular formula is C15H10ClN3O3S. The van der Waals surface area contributed by atoms with Gasteiger partial charge in [0.05, 0.1) is 16.7 Å². The summed E-state index contributed by atoms with van der Waals surface area (Å²) >= 11 is 5.63. The number of aromatic nitrogens is 1. The average Bonchev–Trinajstić information content (AvgIpc) is 2.53. The third kappa shape index (κ3) is 4.64. The molecule has 1 aromatic carbocycles. The second kappa shape index (κ2) is 7.05. The van der Waals surface area contributed by atoms with Crippen molar-refractivity contribution in [1.82, 2.24) is 9.71 Å². The van der Waals surface area contributed by atoms with E-state index in [0.717, 1.165) is 6.08 Å². The van der Waals surface area contributed by atoms with E-state index in [1.165, 1.54) is 24.4 Å². The number of nitrogens with one attached hydrogen (secondary N) is 1. The molecule has 0 aliphatic carbocycles. The molecule has 6 nitrogen and oxygen atoms in total. The van der Waals surface area contributed by atoms with Crippen molar-refractivity contribution >= 4 is 33.6 Å². The Balaban J connectivity index is 2.10. The number of sulfonamides is 1. The van der Waals surface area contributed by atoms with Gasteiger partial charge in [0, 0.05) is 12.3 Å². The van der Waals surface area contributed by atoms with Gasteiger partial charge < -0.3 is 0 Å². The van der Waals surface area contributed by atoms with Crippen molar-refractivity contribution in [3.8, 4) is 6.07 Å². The van der Waals surface area contributed by atoms with E-state index in [-0.39, 0.29) is 10.0 Å². The minimum Gasteiger partial charge on any atom is -0.269 e. The Morgan fingerprint density at radius 1 is 1.30 bits per heavy atom. The van der Waals surface area contributed by atoms with Crippen LogP contribution in [0.15, 0.2) is 53.7 Å². The molecule has 2 aromatic rings. The lowest BCUT2D eigenvalue weighted by atomic mass is 10.1. The van der Waals surface area contributed by atoms with E-state index in [9.17, 15) is 13.2 Å². The maximum atomic E-state index is 12.0. The fourth-order valence-corrected chi connectivity index (χ4v) is 2.61. The third-order valence-electron chi connectivity index (χ3n) is 2.65. The number of amides is 1. The van der Waals surface area contributed by atoms with Gasteiger partial charge in [-0.1, -0.05) is 23.7 Å². The largest absolute Gasteiger partial charge is 0.281 e. The van der Waals surface area contributed by atoms with Crippen molar-refractivity contribution in [3.05, 3.63) is 64.8 Å². The molecule has 0 saturated heterocycles. The van der Waals surface area contributed by atoms with Crippen LogP contribution in [-0.2, 0) is 14.8 Å². The highest BCUT2D eigenvalue weighted by atomic mass is 35.5. The van der Waals surface area contributed by atoms with Gasteiger partial charge in [0.25, 0.3) is 15.9 Å². The molecule has 0 bridgehead atoms. The Kier molecular flexibility index (Phi) is 5.11. The quantitative estimate of drug-likeness (QED) is 0.854. The molecule has 0 unspecified atom stereocenters. The first-order chi connectivity index (χ1) is 10.9. The van der Waals surface area contributed by atoms with Gasteiger partial charge in [-0.3, -0.25) is 4.79 Å². The highest BCUT2D eigenvalue weighted by molar-refractivity contribution is 7.90. The van der Waals surface area contributed by atoms with Crippen LogP contribution in [0.2, 0.25) is 5.02 Å². The Labute approximate surface area is 138 Å². The fraction of sp³-hybridized carbons (Fsp3) is 0. The maximum absolute atomic E-state index is 12.0. The lowest BCUT2D eigenvalue weighted by Gasteiger charge is -2.03. The zero-order valence-electron chi connectivity index (χ0n) is 11.6. The third-order valence-corrected chi connectivity index (χ3v) is 4.14. The first-order valence-corrected chi connectivity index (χ1v) is 8.13. The van der Waals surface area contributed by atoms with Gasteiger partial charge in [-0.25, -0.2) is 9.71 Å². The SMILES string of the molecule is N#Cc1cccc(C=CC(=O)NS(=O)(=O)c2ccc(Cl)cn2)c1. The summed E-state index contributed by atoms with van der Waals surface area (Å²) in [4.78, 5) is 15.4. The summed E-state index contributed by atoms with van der Waals surface area (Å²) in [6.45, 7) is 0. The number of halogens is 1. The first kappa shape index (κ1) is 16.7. The van der Waals surface area contributed by atoms with Crippen LogP contribution in [0.4, 0.5) is 0 Å². The maximum Gasteiger partial charge on any atom is 0.281 e. The summed E-state index contributed by atoms with van der Waals surface area (Å²) in [6.07, 6.45) is 3.63. The first-order valence-electron chi connectivity index (χ1n) is 6.27. The van der Waals surface area contributed by atoms with Crippen molar-refractivity contribution in [2.24, 2.45) is 0 Å². The van der Waals surface area contributed by atoms with Crippen LogP contribution in [0.25, 0.3) is 6.08 Å². The van der Waals surface area contributed by atoms with E-state index in [1.54, 1.807) is 24.3 Å². The minimum atomic E-state index is -4.07. The molecule has 0 saturated carbocycles. The van der Waals surface area contributed by atoms with E-state index >= 15 is 0 Å². The van der Waals surface area contributed by atoms with Crippen LogP contribution in [0.3, 0.4) is 0 Å². The van der Waals surface area contributed by atoms with E-state index in [1.807, 2.05) is 10.8 Å². The van der Waals surface area contributed by atoms with Crippen molar-refractivity contribution < 1.29 is 13.2 Å². The van der Waals surface area contributed by atoms with Crippen LogP contribution in [0, 0.1) is 11.3 Å². The minimum absolute atomic E-state index is 0.285. The normalized spacial score (nSPS) is 11.1. The summed E-state index contributed by atoms with van der Waals surface area (Å²) in [6, 6.07) is 11.0. The van der Waals surface area contributed by atoms with Crippen molar-refractivity contribution in [2.75, 3.05) is 0 Å². The molecule has 1 N–H and O–H groups in total. The molecule has 1 aromatic heterocycles. The molecular weight excluding hydrogens is 338 g/mol. The zero-order chi connectivity index (χ0) is 16.9. The number of pyridine rings is 1. The van der Waals surface area contributed by atoms with E-state index < -0.39 is 15.9 Å². The van der Waals surface area contributed by atoms with Crippen LogP contribution >= 0.6 is 11.6 Å². The van der Waals surface area contributed by atoms with Gasteiger partial charge in [-0.05, 0) is 35.9 Å². The zero-order valence-corrected chi connectivity index (χ0v) is 13.2. The molecule has 2 rings (SSSR count). The molecule has 0 atom stereocenters. The number of benzene rings is 1. The van der Waals surface area contributed by atoms with Crippen LogP contribution < -0.4 is 4.72 Å². The van der Waals surface area contributed by atoms with Crippen LogP contribution in [0.1, 0.15) is 11.1 Å². The van der Waals surface area contributed by atoms with E-state index in [0.29, 0.717) is 11.1 Å². The monoisotopic (exact) mass is 347 g/mol. The summed E-state index contributed by atoms with van der Waals surface area (Å²) in [5.41, 5.74) is 1.03. The second-order valence-corrected chi connectivity index (χ2v) is 6.42. The number of carbonyl (C=O) groups excluding carboxylic acids is 1. The van der Waals surface area contributed by atoms with Crippen molar-refractivity contribution in [1.29, 1.82) is 5.26 Å². The van der Waals surface area contributed by atoms with Gasteiger partial charge in [-0.15, -0.1) is 0 Å². The Morgan fingerprint density at radius 2 is 2.09 bits per heavy atom. The van der Waals surface area contributed by atoms with Gasteiger partial charge in [-0.2, -0.15) is 13.7 Å². The van der Waals surface area contributed by atoms with Crippen molar-refractivity contribution in [3.63, 3.8) is 0 Å². The highest BCUT2D eigenvalue weighted by Crippen LogP contribution is 2.10. The molecule has 1 amide bonds. The smallest absolute Gasteiger partial charge is 0.269 e. The number of hydrogen-bond acceptors (Lipinski definition) is 5. The number of carbonyl (C=O) groups is 1.